The zero-order valence-electron chi connectivity index (χ0n) is 12.2. The second-order valence-corrected chi connectivity index (χ2v) is 5.09. The predicted octanol–water partition coefficient (Wildman–Crippen LogP) is 2.78. The van der Waals surface area contributed by atoms with Crippen LogP contribution in [0.2, 0.25) is 0 Å². The molecule has 0 heterocycles. The van der Waals surface area contributed by atoms with Gasteiger partial charge in [-0.25, -0.2) is 0 Å². The van der Waals surface area contributed by atoms with Gasteiger partial charge in [-0.1, -0.05) is 54.6 Å². The molecule has 0 bridgehead atoms. The Morgan fingerprint density at radius 2 is 1.62 bits per heavy atom. The topological polar surface area (TPSA) is 55.1 Å². The average Bonchev–Trinajstić information content (AvgIpc) is 2.54. The Bertz CT molecular complexity index is 566. The smallest absolute Gasteiger partial charge is 0.220 e. The van der Waals surface area contributed by atoms with Gasteiger partial charge in [0, 0.05) is 19.5 Å². The zero-order valence-corrected chi connectivity index (χ0v) is 12.2. The molecule has 1 amide bonds. The lowest BCUT2D eigenvalue weighted by Crippen LogP contribution is -2.23. The molecule has 2 aromatic rings. The highest BCUT2D eigenvalue weighted by atomic mass is 16.1. The molecule has 0 aliphatic rings. The van der Waals surface area contributed by atoms with Crippen molar-refractivity contribution < 1.29 is 4.79 Å². The van der Waals surface area contributed by atoms with Gasteiger partial charge in [0.2, 0.25) is 5.91 Å². The summed E-state index contributed by atoms with van der Waals surface area (Å²) in [5.41, 5.74) is 9.14. The largest absolute Gasteiger partial charge is 0.352 e. The minimum atomic E-state index is 0.0951. The Morgan fingerprint density at radius 1 is 0.952 bits per heavy atom. The lowest BCUT2D eigenvalue weighted by molar-refractivity contribution is -0.121. The van der Waals surface area contributed by atoms with E-state index < -0.39 is 0 Å². The Morgan fingerprint density at radius 3 is 2.33 bits per heavy atom. The molecule has 3 heteroatoms. The molecule has 3 N–H and O–H groups in total. The Balaban J connectivity index is 1.72. The fourth-order valence-corrected chi connectivity index (χ4v) is 2.31. The van der Waals surface area contributed by atoms with Gasteiger partial charge in [0.05, 0.1) is 0 Å². The molecule has 0 aromatic heterocycles. The van der Waals surface area contributed by atoms with Gasteiger partial charge < -0.3 is 11.1 Å². The lowest BCUT2D eigenvalue weighted by Gasteiger charge is -2.09. The average molecular weight is 282 g/mol. The summed E-state index contributed by atoms with van der Waals surface area (Å²) in [5.74, 6) is 0.0951. The second-order valence-electron chi connectivity index (χ2n) is 5.09. The molecule has 0 aliphatic heterocycles. The highest BCUT2D eigenvalue weighted by molar-refractivity contribution is 5.75. The van der Waals surface area contributed by atoms with Crippen LogP contribution in [-0.2, 0) is 24.3 Å². The SMILES string of the molecule is NCc1ccccc1CNC(=O)CCCc1ccccc1. The zero-order chi connectivity index (χ0) is 14.9. The highest BCUT2D eigenvalue weighted by Gasteiger charge is 2.04. The molecule has 2 aromatic carbocycles. The molecule has 2 rings (SSSR count). The fraction of sp³-hybridized carbons (Fsp3) is 0.278. The molecule has 0 saturated carbocycles. The van der Waals surface area contributed by atoms with E-state index in [0.29, 0.717) is 19.5 Å². The number of hydrogen-bond donors (Lipinski definition) is 2. The monoisotopic (exact) mass is 282 g/mol. The first-order valence-electron chi connectivity index (χ1n) is 7.37. The van der Waals surface area contributed by atoms with Crippen LogP contribution in [0.15, 0.2) is 54.6 Å². The summed E-state index contributed by atoms with van der Waals surface area (Å²) in [7, 11) is 0. The first-order chi connectivity index (χ1) is 10.3. The molecular formula is C18H22N2O. The van der Waals surface area contributed by atoms with Crippen LogP contribution < -0.4 is 11.1 Å². The van der Waals surface area contributed by atoms with Gasteiger partial charge in [0.15, 0.2) is 0 Å². The van der Waals surface area contributed by atoms with Crippen LogP contribution in [0.5, 0.6) is 0 Å². The van der Waals surface area contributed by atoms with Gasteiger partial charge in [0.1, 0.15) is 0 Å². The van der Waals surface area contributed by atoms with Gasteiger partial charge >= 0.3 is 0 Å². The third kappa shape index (κ3) is 5.04. The van der Waals surface area contributed by atoms with E-state index in [4.69, 9.17) is 5.73 Å². The van der Waals surface area contributed by atoms with Crippen LogP contribution in [0.25, 0.3) is 0 Å². The number of rotatable bonds is 7. The molecular weight excluding hydrogens is 260 g/mol. The Labute approximate surface area is 126 Å². The van der Waals surface area contributed by atoms with E-state index >= 15 is 0 Å². The van der Waals surface area contributed by atoms with Crippen molar-refractivity contribution >= 4 is 5.91 Å². The van der Waals surface area contributed by atoms with E-state index in [1.165, 1.54) is 5.56 Å². The Hall–Kier alpha value is -2.13. The maximum Gasteiger partial charge on any atom is 0.220 e. The van der Waals surface area contributed by atoms with Crippen molar-refractivity contribution in [3.63, 3.8) is 0 Å². The number of amides is 1. The number of nitrogens with two attached hydrogens (primary N) is 1. The molecule has 0 spiro atoms. The summed E-state index contributed by atoms with van der Waals surface area (Å²) in [6.07, 6.45) is 2.36. The molecule has 0 saturated heterocycles. The van der Waals surface area contributed by atoms with E-state index in [9.17, 15) is 4.79 Å². The third-order valence-electron chi connectivity index (χ3n) is 3.53. The van der Waals surface area contributed by atoms with Crippen LogP contribution >= 0.6 is 0 Å². The molecule has 110 valence electrons. The Kier molecular flexibility index (Phi) is 5.98. The van der Waals surface area contributed by atoms with Crippen molar-refractivity contribution in [2.45, 2.75) is 32.4 Å². The summed E-state index contributed by atoms with van der Waals surface area (Å²) < 4.78 is 0. The maximum atomic E-state index is 11.9. The second kappa shape index (κ2) is 8.22. The number of aryl methyl sites for hydroxylation is 1. The number of benzene rings is 2. The molecule has 0 atom stereocenters. The minimum Gasteiger partial charge on any atom is -0.352 e. The molecule has 0 radical (unpaired) electrons. The van der Waals surface area contributed by atoms with E-state index in [1.54, 1.807) is 0 Å². The van der Waals surface area contributed by atoms with Gasteiger partial charge in [-0.2, -0.15) is 0 Å². The summed E-state index contributed by atoms with van der Waals surface area (Å²) in [5, 5.41) is 2.97. The third-order valence-corrected chi connectivity index (χ3v) is 3.53. The van der Waals surface area contributed by atoms with E-state index in [0.717, 1.165) is 24.0 Å². The molecule has 0 aliphatic carbocycles. The quantitative estimate of drug-likeness (QED) is 0.820. The summed E-state index contributed by atoms with van der Waals surface area (Å²) >= 11 is 0. The van der Waals surface area contributed by atoms with E-state index in [1.807, 2.05) is 42.5 Å². The standard InChI is InChI=1S/C18H22N2O/c19-13-16-10-4-5-11-17(16)14-20-18(21)12-6-9-15-7-2-1-3-8-15/h1-5,7-8,10-11H,6,9,12-14,19H2,(H,20,21). The van der Waals surface area contributed by atoms with Crippen molar-refractivity contribution in [3.8, 4) is 0 Å². The first kappa shape index (κ1) is 15.3. The van der Waals surface area contributed by atoms with Gasteiger partial charge in [-0.15, -0.1) is 0 Å². The van der Waals surface area contributed by atoms with E-state index in [2.05, 4.69) is 17.4 Å². The van der Waals surface area contributed by atoms with Crippen molar-refractivity contribution in [3.05, 3.63) is 71.3 Å². The minimum absolute atomic E-state index is 0.0951. The summed E-state index contributed by atoms with van der Waals surface area (Å²) in [6.45, 7) is 1.05. The highest BCUT2D eigenvalue weighted by Crippen LogP contribution is 2.08. The molecule has 0 unspecified atom stereocenters. The number of carbonyl (C=O) groups is 1. The van der Waals surface area contributed by atoms with Crippen LogP contribution in [0, 0.1) is 0 Å². The number of carbonyl (C=O) groups excluding carboxylic acids is 1. The van der Waals surface area contributed by atoms with Gasteiger partial charge in [-0.3, -0.25) is 4.79 Å². The predicted molar refractivity (Wildman–Crippen MR) is 85.6 cm³/mol. The van der Waals surface area contributed by atoms with Crippen molar-refractivity contribution in [1.29, 1.82) is 0 Å². The van der Waals surface area contributed by atoms with Crippen LogP contribution in [0.1, 0.15) is 29.5 Å². The molecule has 21 heavy (non-hydrogen) atoms. The number of hydrogen-bond acceptors (Lipinski definition) is 2. The molecule has 3 nitrogen and oxygen atoms in total. The van der Waals surface area contributed by atoms with Crippen LogP contribution in [0.4, 0.5) is 0 Å². The summed E-state index contributed by atoms with van der Waals surface area (Å²) in [4.78, 5) is 11.9. The normalized spacial score (nSPS) is 10.3. The summed E-state index contributed by atoms with van der Waals surface area (Å²) in [6, 6.07) is 18.2. The van der Waals surface area contributed by atoms with E-state index in [-0.39, 0.29) is 5.91 Å². The lowest BCUT2D eigenvalue weighted by atomic mass is 10.1. The van der Waals surface area contributed by atoms with Crippen molar-refractivity contribution in [2.75, 3.05) is 0 Å². The van der Waals surface area contributed by atoms with Crippen molar-refractivity contribution in [1.82, 2.24) is 5.32 Å². The van der Waals surface area contributed by atoms with Gasteiger partial charge in [-0.05, 0) is 29.5 Å². The van der Waals surface area contributed by atoms with Crippen LogP contribution in [-0.4, -0.2) is 5.91 Å². The fourth-order valence-electron chi connectivity index (χ4n) is 2.31. The first-order valence-corrected chi connectivity index (χ1v) is 7.37. The van der Waals surface area contributed by atoms with Crippen molar-refractivity contribution in [2.24, 2.45) is 5.73 Å². The van der Waals surface area contributed by atoms with Crippen LogP contribution in [0.3, 0.4) is 0 Å². The van der Waals surface area contributed by atoms with Gasteiger partial charge in [0.25, 0.3) is 0 Å². The number of nitrogens with one attached hydrogen (secondary N) is 1. The molecule has 0 fully saturated rings. The maximum absolute atomic E-state index is 11.9.